The Kier molecular flexibility index (Phi) is 6.98. The van der Waals surface area contributed by atoms with Crippen LogP contribution >= 0.6 is 0 Å². The molecule has 2 aromatic rings. The van der Waals surface area contributed by atoms with Crippen LogP contribution in [0.15, 0.2) is 36.5 Å². The predicted molar refractivity (Wildman–Crippen MR) is 120 cm³/mol. The van der Waals surface area contributed by atoms with Crippen LogP contribution in [0.4, 0.5) is 23.2 Å². The normalized spacial score (nSPS) is 20.8. The molecule has 2 fully saturated rings. The molecule has 1 amide bonds. The van der Waals surface area contributed by atoms with Crippen molar-refractivity contribution < 1.29 is 36.6 Å². The highest BCUT2D eigenvalue weighted by Crippen LogP contribution is 2.40. The number of nitrogens with zero attached hydrogens (tertiary/aromatic N) is 2. The van der Waals surface area contributed by atoms with Crippen LogP contribution in [0.5, 0.6) is 0 Å². The predicted octanol–water partition coefficient (Wildman–Crippen LogP) is 4.18. The number of ketones is 1. The SMILES string of the molecule is CC1(O/C(N)=C/C(=O)C(=O)Nc2c(-c3cc(F)ccc3F)ncnc2C2CCC(F)(F)CO2)CCC1. The number of carbonyl (C=O) groups excluding carboxylic acids is 2. The summed E-state index contributed by atoms with van der Waals surface area (Å²) in [5, 5.41) is 2.31. The number of anilines is 1. The van der Waals surface area contributed by atoms with Gasteiger partial charge in [-0.25, -0.2) is 27.5 Å². The van der Waals surface area contributed by atoms with Crippen LogP contribution in [0.1, 0.15) is 50.8 Å². The lowest BCUT2D eigenvalue weighted by molar-refractivity contribution is -0.146. The summed E-state index contributed by atoms with van der Waals surface area (Å²) >= 11 is 0. The van der Waals surface area contributed by atoms with Gasteiger partial charge >= 0.3 is 0 Å². The maximum Gasteiger partial charge on any atom is 0.296 e. The fourth-order valence-corrected chi connectivity index (χ4v) is 4.05. The second kappa shape index (κ2) is 9.84. The number of nitrogens with two attached hydrogens (primary N) is 1. The second-order valence-electron chi connectivity index (χ2n) is 9.07. The average Bonchev–Trinajstić information content (AvgIpc) is 2.80. The summed E-state index contributed by atoms with van der Waals surface area (Å²) in [5.41, 5.74) is 4.33. The summed E-state index contributed by atoms with van der Waals surface area (Å²) in [4.78, 5) is 33.3. The van der Waals surface area contributed by atoms with Crippen molar-refractivity contribution in [2.24, 2.45) is 5.73 Å². The topological polar surface area (TPSA) is 116 Å². The highest BCUT2D eigenvalue weighted by Gasteiger charge is 2.39. The number of amides is 1. The number of hydrogen-bond acceptors (Lipinski definition) is 7. The number of benzene rings is 1. The van der Waals surface area contributed by atoms with Crippen molar-refractivity contribution in [3.8, 4) is 11.3 Å². The average molecular weight is 508 g/mol. The van der Waals surface area contributed by atoms with E-state index in [0.29, 0.717) is 0 Å². The van der Waals surface area contributed by atoms with E-state index in [2.05, 4.69) is 15.3 Å². The van der Waals surface area contributed by atoms with Gasteiger partial charge in [0.2, 0.25) is 5.78 Å². The van der Waals surface area contributed by atoms with Gasteiger partial charge in [-0.1, -0.05) is 0 Å². The Hall–Kier alpha value is -3.54. The molecule has 12 heteroatoms. The summed E-state index contributed by atoms with van der Waals surface area (Å²) in [6, 6.07) is 2.60. The minimum atomic E-state index is -3.04. The maximum absolute atomic E-state index is 14.6. The van der Waals surface area contributed by atoms with Gasteiger partial charge in [-0.2, -0.15) is 0 Å². The zero-order valence-corrected chi connectivity index (χ0v) is 19.3. The van der Waals surface area contributed by atoms with Gasteiger partial charge < -0.3 is 20.5 Å². The van der Waals surface area contributed by atoms with Crippen LogP contribution in [0, 0.1) is 11.6 Å². The van der Waals surface area contributed by atoms with E-state index in [-0.39, 0.29) is 34.9 Å². The molecule has 1 aliphatic carbocycles. The molecule has 2 heterocycles. The van der Waals surface area contributed by atoms with E-state index in [4.69, 9.17) is 15.2 Å². The summed E-state index contributed by atoms with van der Waals surface area (Å²) in [7, 11) is 0. The third-order valence-electron chi connectivity index (χ3n) is 6.14. The number of rotatable bonds is 7. The van der Waals surface area contributed by atoms with E-state index in [1.807, 2.05) is 6.92 Å². The number of halogens is 4. The number of aromatic nitrogens is 2. The molecule has 0 bridgehead atoms. The zero-order valence-electron chi connectivity index (χ0n) is 19.3. The molecule has 36 heavy (non-hydrogen) atoms. The molecule has 1 aliphatic heterocycles. The quantitative estimate of drug-likeness (QED) is 0.250. The molecule has 4 rings (SSSR count). The molecule has 1 unspecified atom stereocenters. The molecule has 2 aliphatic rings. The van der Waals surface area contributed by atoms with Gasteiger partial charge in [-0.15, -0.1) is 0 Å². The highest BCUT2D eigenvalue weighted by atomic mass is 19.3. The fourth-order valence-electron chi connectivity index (χ4n) is 4.05. The van der Waals surface area contributed by atoms with Gasteiger partial charge in [-0.3, -0.25) is 9.59 Å². The van der Waals surface area contributed by atoms with E-state index in [0.717, 1.165) is 49.9 Å². The Labute approximate surface area is 203 Å². The third kappa shape index (κ3) is 5.64. The summed E-state index contributed by atoms with van der Waals surface area (Å²) in [6.07, 6.45) is 2.54. The molecule has 1 aromatic carbocycles. The number of alkyl halides is 2. The lowest BCUT2D eigenvalue weighted by atomic mass is 9.82. The van der Waals surface area contributed by atoms with Gasteiger partial charge in [-0.05, 0) is 50.8 Å². The lowest BCUT2D eigenvalue weighted by Crippen LogP contribution is -2.37. The first-order valence-corrected chi connectivity index (χ1v) is 11.3. The van der Waals surface area contributed by atoms with Crippen LogP contribution in [0.2, 0.25) is 0 Å². The largest absolute Gasteiger partial charge is 0.473 e. The van der Waals surface area contributed by atoms with Crippen LogP contribution in [-0.2, 0) is 19.1 Å². The van der Waals surface area contributed by atoms with E-state index in [1.54, 1.807) is 0 Å². The van der Waals surface area contributed by atoms with Crippen molar-refractivity contribution in [2.45, 2.75) is 56.7 Å². The van der Waals surface area contributed by atoms with Crippen molar-refractivity contribution in [1.29, 1.82) is 0 Å². The molecule has 8 nitrogen and oxygen atoms in total. The molecule has 1 atom stereocenters. The van der Waals surface area contributed by atoms with E-state index >= 15 is 0 Å². The summed E-state index contributed by atoms with van der Waals surface area (Å²) in [5.74, 6) is -7.24. The molecule has 3 N–H and O–H groups in total. The first kappa shape index (κ1) is 25.5. The van der Waals surface area contributed by atoms with Gasteiger partial charge in [0.1, 0.15) is 42.0 Å². The first-order valence-electron chi connectivity index (χ1n) is 11.3. The van der Waals surface area contributed by atoms with E-state index < -0.39 is 54.0 Å². The zero-order chi connectivity index (χ0) is 26.1. The van der Waals surface area contributed by atoms with Crippen LogP contribution in [-0.4, -0.2) is 39.8 Å². The van der Waals surface area contributed by atoms with E-state index in [1.165, 1.54) is 0 Å². The summed E-state index contributed by atoms with van der Waals surface area (Å²) in [6.45, 7) is 0.926. The Morgan fingerprint density at radius 3 is 2.61 bits per heavy atom. The molecule has 1 saturated heterocycles. The Morgan fingerprint density at radius 1 is 1.22 bits per heavy atom. The van der Waals surface area contributed by atoms with Gasteiger partial charge in [0.05, 0.1) is 17.5 Å². The monoisotopic (exact) mass is 508 g/mol. The molecule has 192 valence electrons. The van der Waals surface area contributed by atoms with Gasteiger partial charge in [0.15, 0.2) is 5.88 Å². The number of ether oxygens (including phenoxy) is 2. The second-order valence-corrected chi connectivity index (χ2v) is 9.07. The van der Waals surface area contributed by atoms with Crippen molar-refractivity contribution in [2.75, 3.05) is 11.9 Å². The van der Waals surface area contributed by atoms with Crippen molar-refractivity contribution >= 4 is 17.4 Å². The van der Waals surface area contributed by atoms with E-state index in [9.17, 15) is 27.2 Å². The minimum Gasteiger partial charge on any atom is -0.473 e. The molecule has 0 radical (unpaired) electrons. The van der Waals surface area contributed by atoms with Crippen molar-refractivity contribution in [1.82, 2.24) is 9.97 Å². The van der Waals surface area contributed by atoms with Crippen LogP contribution in [0.25, 0.3) is 11.3 Å². The van der Waals surface area contributed by atoms with Crippen LogP contribution < -0.4 is 11.1 Å². The number of nitrogens with one attached hydrogen (secondary N) is 1. The Balaban J connectivity index is 1.67. The molecular weight excluding hydrogens is 484 g/mol. The molecule has 1 aromatic heterocycles. The van der Waals surface area contributed by atoms with Crippen LogP contribution in [0.3, 0.4) is 0 Å². The number of carbonyl (C=O) groups is 2. The van der Waals surface area contributed by atoms with Gasteiger partial charge in [0, 0.05) is 12.0 Å². The number of hydrogen-bond donors (Lipinski definition) is 2. The maximum atomic E-state index is 14.6. The Morgan fingerprint density at radius 2 is 1.97 bits per heavy atom. The minimum absolute atomic E-state index is 0.0597. The third-order valence-corrected chi connectivity index (χ3v) is 6.14. The molecular formula is C24H24F4N4O4. The standard InChI is InChI=1S/C24H24F4N4O4/c1-23(6-2-7-23)36-18(29)10-16(33)22(34)32-21-19(14-9-13(25)3-4-15(14)26)30-12-31-20(21)17-5-8-24(27,28)11-35-17/h3-4,9-10,12,17H,2,5-8,11,29H2,1H3,(H,32,34)/b18-10+. The van der Waals surface area contributed by atoms with Crippen molar-refractivity contribution in [3.05, 3.63) is 53.8 Å². The molecule has 0 spiro atoms. The van der Waals surface area contributed by atoms with Gasteiger partial charge in [0.25, 0.3) is 11.8 Å². The lowest BCUT2D eigenvalue weighted by Gasteiger charge is -2.38. The molecule has 1 saturated carbocycles. The Bertz CT molecular complexity index is 1210. The first-order chi connectivity index (χ1) is 17.0. The van der Waals surface area contributed by atoms with Crippen molar-refractivity contribution in [3.63, 3.8) is 0 Å². The highest BCUT2D eigenvalue weighted by molar-refractivity contribution is 6.44. The summed E-state index contributed by atoms with van der Waals surface area (Å²) < 4.78 is 66.5. The fraction of sp³-hybridized carbons (Fsp3) is 0.417. The smallest absolute Gasteiger partial charge is 0.296 e.